The quantitative estimate of drug-likeness (QED) is 0.467. The van der Waals surface area contributed by atoms with Crippen LogP contribution in [0.25, 0.3) is 11.1 Å². The Balaban J connectivity index is -0.000000443. The van der Waals surface area contributed by atoms with Crippen molar-refractivity contribution in [2.45, 2.75) is 62.3 Å². The summed E-state index contributed by atoms with van der Waals surface area (Å²) in [4.78, 5) is 32.0. The maximum absolute atomic E-state index is 11.3. The van der Waals surface area contributed by atoms with Crippen LogP contribution >= 0.6 is 0 Å². The van der Waals surface area contributed by atoms with Crippen LogP contribution in [-0.4, -0.2) is 29.6 Å². The molecule has 4 heteroatoms. The van der Waals surface area contributed by atoms with Crippen molar-refractivity contribution >= 4 is 17.3 Å². The van der Waals surface area contributed by atoms with Gasteiger partial charge in [0.25, 0.3) is 0 Å². The number of benzene rings is 2. The predicted octanol–water partition coefficient (Wildman–Crippen LogP) is 6.33. The van der Waals surface area contributed by atoms with Gasteiger partial charge in [0.05, 0.1) is 5.92 Å². The van der Waals surface area contributed by atoms with Gasteiger partial charge in [-0.05, 0) is 51.3 Å². The number of Topliss-reactive ketones (excluding diaryl/α,β-unsaturated/α-hetero) is 3. The van der Waals surface area contributed by atoms with Crippen molar-refractivity contribution in [1.29, 1.82) is 0 Å². The van der Waals surface area contributed by atoms with Crippen molar-refractivity contribution in [2.75, 3.05) is 7.11 Å². The minimum atomic E-state index is -0.407. The second-order valence-electron chi connectivity index (χ2n) is 5.89. The van der Waals surface area contributed by atoms with Crippen LogP contribution in [0, 0.1) is 12.8 Å². The Morgan fingerprint density at radius 1 is 0.733 bits per heavy atom. The number of carbonyl (C=O) groups excluding carboxylic acids is 3. The number of hydrogen-bond donors (Lipinski definition) is 1. The highest BCUT2D eigenvalue weighted by atomic mass is 16.2. The molecule has 0 unspecified atom stereocenters. The van der Waals surface area contributed by atoms with Gasteiger partial charge in [0, 0.05) is 12.7 Å². The molecule has 0 amide bonds. The first kappa shape index (κ1) is 32.1. The van der Waals surface area contributed by atoms with E-state index in [2.05, 4.69) is 18.2 Å². The molecule has 0 aliphatic rings. The Bertz CT molecular complexity index is 720. The lowest BCUT2D eigenvalue weighted by Crippen LogP contribution is -2.14. The van der Waals surface area contributed by atoms with Crippen LogP contribution in [0.2, 0.25) is 0 Å². The minimum Gasteiger partial charge on any atom is -0.400 e. The van der Waals surface area contributed by atoms with Gasteiger partial charge in [0.2, 0.25) is 0 Å². The molecule has 2 aromatic carbocycles. The molecule has 0 saturated carbocycles. The standard InChI is InChI=1S/C15H14O.C6H10O2.2C2H6.CH4O/c1-11-10-14(8-9-15(11)12(2)16)13-6-4-3-5-7-13;1-4(5(2)7)6(3)8;3*1-2/h3-10H,1-2H3;4H,1-3H3;2*1-2H3;2H,1H3. The largest absolute Gasteiger partial charge is 0.400 e. The summed E-state index contributed by atoms with van der Waals surface area (Å²) in [6.45, 7) is 16.0. The van der Waals surface area contributed by atoms with Gasteiger partial charge in [-0.25, -0.2) is 0 Å². The Hall–Kier alpha value is -2.59. The molecule has 4 nitrogen and oxygen atoms in total. The number of aliphatic hydroxyl groups is 1. The fraction of sp³-hybridized carbons (Fsp3) is 0.423. The molecule has 168 valence electrons. The zero-order valence-corrected chi connectivity index (χ0v) is 20.4. The van der Waals surface area contributed by atoms with Crippen molar-refractivity contribution in [1.82, 2.24) is 0 Å². The predicted molar refractivity (Wildman–Crippen MR) is 128 cm³/mol. The van der Waals surface area contributed by atoms with Crippen LogP contribution in [0.15, 0.2) is 48.5 Å². The number of aryl methyl sites for hydroxylation is 1. The first-order valence-corrected chi connectivity index (χ1v) is 10.4. The lowest BCUT2D eigenvalue weighted by molar-refractivity contribution is -0.129. The average Bonchev–Trinajstić information content (AvgIpc) is 2.78. The van der Waals surface area contributed by atoms with E-state index < -0.39 is 5.92 Å². The summed E-state index contributed by atoms with van der Waals surface area (Å²) in [5.74, 6) is -0.401. The van der Waals surface area contributed by atoms with Crippen molar-refractivity contribution < 1.29 is 19.5 Å². The second-order valence-corrected chi connectivity index (χ2v) is 5.89. The fourth-order valence-electron chi connectivity index (χ4n) is 2.16. The fourth-order valence-corrected chi connectivity index (χ4v) is 2.16. The Labute approximate surface area is 183 Å². The zero-order chi connectivity index (χ0) is 24.3. The summed E-state index contributed by atoms with van der Waals surface area (Å²) in [5.41, 5.74) is 4.18. The van der Waals surface area contributed by atoms with E-state index in [0.717, 1.165) is 23.8 Å². The third-order valence-corrected chi connectivity index (χ3v) is 3.93. The Kier molecular flexibility index (Phi) is 21.1. The average molecular weight is 417 g/mol. The number of ketones is 3. The SMILES string of the molecule is CC.CC.CC(=O)C(C)C(C)=O.CC(=O)c1ccc(-c2ccccc2)cc1C.CO. The molecule has 0 radical (unpaired) electrons. The summed E-state index contributed by atoms with van der Waals surface area (Å²) >= 11 is 0. The van der Waals surface area contributed by atoms with Crippen molar-refractivity contribution in [3.63, 3.8) is 0 Å². The third kappa shape index (κ3) is 12.8. The molecule has 0 saturated heterocycles. The monoisotopic (exact) mass is 416 g/mol. The van der Waals surface area contributed by atoms with Gasteiger partial charge < -0.3 is 5.11 Å². The summed E-state index contributed by atoms with van der Waals surface area (Å²) in [6.07, 6.45) is 0. The number of hydrogen-bond acceptors (Lipinski definition) is 4. The molecule has 0 fully saturated rings. The normalized spacial score (nSPS) is 8.53. The van der Waals surface area contributed by atoms with Gasteiger partial charge in [-0.1, -0.05) is 76.2 Å². The molecule has 0 aliphatic heterocycles. The number of carbonyl (C=O) groups is 3. The van der Waals surface area contributed by atoms with Gasteiger partial charge >= 0.3 is 0 Å². The van der Waals surface area contributed by atoms with E-state index in [1.54, 1.807) is 13.8 Å². The van der Waals surface area contributed by atoms with E-state index in [9.17, 15) is 14.4 Å². The maximum Gasteiger partial charge on any atom is 0.160 e. The van der Waals surface area contributed by atoms with Gasteiger partial charge in [0.15, 0.2) is 5.78 Å². The number of rotatable bonds is 4. The molecular weight excluding hydrogens is 376 g/mol. The van der Waals surface area contributed by atoms with E-state index in [4.69, 9.17) is 5.11 Å². The molecule has 2 aromatic rings. The molecular formula is C26H40O4. The van der Waals surface area contributed by atoms with Gasteiger partial charge in [-0.15, -0.1) is 0 Å². The van der Waals surface area contributed by atoms with Crippen LogP contribution in [0.5, 0.6) is 0 Å². The molecule has 0 heterocycles. The topological polar surface area (TPSA) is 71.4 Å². The Morgan fingerprint density at radius 3 is 1.47 bits per heavy atom. The summed E-state index contributed by atoms with van der Waals surface area (Å²) in [6, 6.07) is 16.1. The van der Waals surface area contributed by atoms with E-state index in [0.29, 0.717) is 0 Å². The van der Waals surface area contributed by atoms with E-state index in [1.807, 2.05) is 65.0 Å². The molecule has 30 heavy (non-hydrogen) atoms. The van der Waals surface area contributed by atoms with Crippen LogP contribution in [0.1, 0.15) is 71.3 Å². The van der Waals surface area contributed by atoms with Crippen LogP contribution in [0.3, 0.4) is 0 Å². The van der Waals surface area contributed by atoms with E-state index in [-0.39, 0.29) is 17.3 Å². The van der Waals surface area contributed by atoms with Crippen molar-refractivity contribution in [3.8, 4) is 11.1 Å². The lowest BCUT2D eigenvalue weighted by atomic mass is 9.98. The highest BCUT2D eigenvalue weighted by molar-refractivity contribution is 5.99. The summed E-state index contributed by atoms with van der Waals surface area (Å²) < 4.78 is 0. The molecule has 0 bridgehead atoms. The van der Waals surface area contributed by atoms with Crippen molar-refractivity contribution in [2.24, 2.45) is 5.92 Å². The van der Waals surface area contributed by atoms with Crippen LogP contribution in [0.4, 0.5) is 0 Å². The summed E-state index contributed by atoms with van der Waals surface area (Å²) in [7, 11) is 1.00. The Morgan fingerprint density at radius 2 is 1.17 bits per heavy atom. The second kappa shape index (κ2) is 19.7. The first-order chi connectivity index (χ1) is 14.2. The number of aliphatic hydroxyl groups excluding tert-OH is 1. The van der Waals surface area contributed by atoms with Gasteiger partial charge in [-0.3, -0.25) is 14.4 Å². The van der Waals surface area contributed by atoms with Gasteiger partial charge in [-0.2, -0.15) is 0 Å². The highest BCUT2D eigenvalue weighted by Crippen LogP contribution is 2.22. The highest BCUT2D eigenvalue weighted by Gasteiger charge is 2.11. The summed E-state index contributed by atoms with van der Waals surface area (Å²) in [5, 5.41) is 7.00. The molecule has 2 rings (SSSR count). The maximum atomic E-state index is 11.3. The van der Waals surface area contributed by atoms with E-state index in [1.165, 1.54) is 19.4 Å². The first-order valence-electron chi connectivity index (χ1n) is 10.4. The van der Waals surface area contributed by atoms with Crippen LogP contribution < -0.4 is 0 Å². The van der Waals surface area contributed by atoms with E-state index >= 15 is 0 Å². The van der Waals surface area contributed by atoms with Crippen molar-refractivity contribution in [3.05, 3.63) is 59.7 Å². The minimum absolute atomic E-state index is 0.0579. The molecule has 0 spiro atoms. The zero-order valence-electron chi connectivity index (χ0n) is 20.4. The van der Waals surface area contributed by atoms with Gasteiger partial charge in [0.1, 0.15) is 11.6 Å². The van der Waals surface area contributed by atoms with Crippen LogP contribution in [-0.2, 0) is 9.59 Å². The molecule has 0 aromatic heterocycles. The molecule has 1 N–H and O–H groups in total. The molecule has 0 aliphatic carbocycles. The smallest absolute Gasteiger partial charge is 0.160 e. The molecule has 0 atom stereocenters. The third-order valence-electron chi connectivity index (χ3n) is 3.93. The lowest BCUT2D eigenvalue weighted by Gasteiger charge is -2.06.